The molecule has 2 aromatic carbocycles. The molecule has 0 saturated carbocycles. The number of ether oxygens (including phenoxy) is 1. The summed E-state index contributed by atoms with van der Waals surface area (Å²) >= 11 is 0. The van der Waals surface area contributed by atoms with Gasteiger partial charge in [0.1, 0.15) is 18.4 Å². The predicted octanol–water partition coefficient (Wildman–Crippen LogP) is 3.43. The third-order valence-electron chi connectivity index (χ3n) is 3.81. The number of nitrogens with one attached hydrogen (secondary N) is 1. The maximum absolute atomic E-state index is 12.9. The van der Waals surface area contributed by atoms with Crippen molar-refractivity contribution in [2.75, 3.05) is 22.5 Å². The van der Waals surface area contributed by atoms with Crippen LogP contribution in [0.25, 0.3) is 0 Å². The number of rotatable bonds is 9. The summed E-state index contributed by atoms with van der Waals surface area (Å²) in [7, 11) is -3.65. The molecule has 2 rings (SSSR count). The van der Waals surface area contributed by atoms with Gasteiger partial charge in [0.05, 0.1) is 11.9 Å². The Balaban J connectivity index is 2.27. The lowest BCUT2D eigenvalue weighted by molar-refractivity contribution is -0.117. The van der Waals surface area contributed by atoms with E-state index in [2.05, 4.69) is 11.9 Å². The average Bonchev–Trinajstić information content (AvgIpc) is 2.64. The molecule has 144 valence electrons. The number of anilines is 2. The highest BCUT2D eigenvalue weighted by Gasteiger charge is 2.31. The Morgan fingerprint density at radius 2 is 1.93 bits per heavy atom. The topological polar surface area (TPSA) is 75.7 Å². The smallest absolute Gasteiger partial charge is 0.248 e. The number of amides is 1. The largest absolute Gasteiger partial charge is 0.489 e. The Morgan fingerprint density at radius 1 is 1.22 bits per heavy atom. The van der Waals surface area contributed by atoms with Crippen molar-refractivity contribution in [1.29, 1.82) is 0 Å². The zero-order valence-corrected chi connectivity index (χ0v) is 16.3. The van der Waals surface area contributed by atoms with E-state index in [1.807, 2.05) is 0 Å². The quantitative estimate of drug-likeness (QED) is 0.668. The molecule has 6 nitrogen and oxygen atoms in total. The predicted molar refractivity (Wildman–Crippen MR) is 109 cm³/mol. The molecule has 27 heavy (non-hydrogen) atoms. The molecule has 0 heterocycles. The van der Waals surface area contributed by atoms with E-state index in [0.717, 1.165) is 10.6 Å². The number of benzene rings is 2. The molecule has 0 aromatic heterocycles. The molecule has 0 fully saturated rings. The monoisotopic (exact) mass is 388 g/mol. The molecule has 1 amide bonds. The number of carbonyl (C=O) groups excluding carboxylic acids is 1. The van der Waals surface area contributed by atoms with E-state index in [4.69, 9.17) is 4.74 Å². The van der Waals surface area contributed by atoms with Gasteiger partial charge in [0.25, 0.3) is 0 Å². The summed E-state index contributed by atoms with van der Waals surface area (Å²) in [6.45, 7) is 5.72. The van der Waals surface area contributed by atoms with Crippen LogP contribution in [0, 0.1) is 0 Å². The summed E-state index contributed by atoms with van der Waals surface area (Å²) in [6, 6.07) is 14.6. The summed E-state index contributed by atoms with van der Waals surface area (Å²) in [6.07, 6.45) is 3.04. The molecule has 0 aliphatic rings. The van der Waals surface area contributed by atoms with Gasteiger partial charge in [-0.05, 0) is 30.7 Å². The van der Waals surface area contributed by atoms with Gasteiger partial charge in [0.15, 0.2) is 0 Å². The zero-order valence-electron chi connectivity index (χ0n) is 15.5. The van der Waals surface area contributed by atoms with Gasteiger partial charge in [0, 0.05) is 11.8 Å². The minimum atomic E-state index is -3.65. The van der Waals surface area contributed by atoms with Crippen molar-refractivity contribution in [3.05, 3.63) is 67.3 Å². The Hall–Kier alpha value is -2.80. The van der Waals surface area contributed by atoms with Gasteiger partial charge >= 0.3 is 0 Å². The summed E-state index contributed by atoms with van der Waals surface area (Å²) < 4.78 is 31.4. The third-order valence-corrected chi connectivity index (χ3v) is 4.99. The van der Waals surface area contributed by atoms with Crippen molar-refractivity contribution in [3.63, 3.8) is 0 Å². The highest BCUT2D eigenvalue weighted by Crippen LogP contribution is 2.24. The number of nitrogens with zero attached hydrogens (tertiary/aromatic N) is 1. The van der Waals surface area contributed by atoms with E-state index < -0.39 is 22.0 Å². The van der Waals surface area contributed by atoms with Gasteiger partial charge in [0.2, 0.25) is 15.9 Å². The molecule has 0 spiro atoms. The molecular weight excluding hydrogens is 364 g/mol. The van der Waals surface area contributed by atoms with Crippen LogP contribution in [-0.4, -0.2) is 33.2 Å². The van der Waals surface area contributed by atoms with Crippen molar-refractivity contribution < 1.29 is 17.9 Å². The summed E-state index contributed by atoms with van der Waals surface area (Å²) in [5, 5.41) is 2.78. The third kappa shape index (κ3) is 5.59. The van der Waals surface area contributed by atoms with Crippen LogP contribution < -0.4 is 14.4 Å². The summed E-state index contributed by atoms with van der Waals surface area (Å²) in [5.74, 6) is 0.177. The van der Waals surface area contributed by atoms with Crippen LogP contribution in [0.15, 0.2) is 67.3 Å². The van der Waals surface area contributed by atoms with Crippen LogP contribution in [0.5, 0.6) is 5.75 Å². The number of sulfonamides is 1. The second kappa shape index (κ2) is 9.23. The molecular formula is C20H24N2O4S. The maximum atomic E-state index is 12.9. The van der Waals surface area contributed by atoms with Crippen LogP contribution in [0.3, 0.4) is 0 Å². The Kier molecular flexibility index (Phi) is 7.01. The van der Waals surface area contributed by atoms with E-state index in [1.54, 1.807) is 67.6 Å². The van der Waals surface area contributed by atoms with Gasteiger partial charge in [-0.3, -0.25) is 9.10 Å². The molecule has 0 aliphatic heterocycles. The summed E-state index contributed by atoms with van der Waals surface area (Å²) in [5.41, 5.74) is 0.978. The fourth-order valence-electron chi connectivity index (χ4n) is 2.68. The second-order valence-electron chi connectivity index (χ2n) is 5.94. The lowest BCUT2D eigenvalue weighted by atomic mass is 10.2. The van der Waals surface area contributed by atoms with Gasteiger partial charge in [-0.25, -0.2) is 8.42 Å². The van der Waals surface area contributed by atoms with E-state index in [0.29, 0.717) is 30.2 Å². The van der Waals surface area contributed by atoms with Crippen LogP contribution in [-0.2, 0) is 14.8 Å². The van der Waals surface area contributed by atoms with Gasteiger partial charge in [-0.2, -0.15) is 0 Å². The molecule has 1 atom stereocenters. The van der Waals surface area contributed by atoms with E-state index in [9.17, 15) is 13.2 Å². The lowest BCUT2D eigenvalue weighted by Crippen LogP contribution is -2.46. The number of hydrogen-bond acceptors (Lipinski definition) is 4. The van der Waals surface area contributed by atoms with Gasteiger partial charge < -0.3 is 10.1 Å². The molecule has 1 N–H and O–H groups in total. The van der Waals surface area contributed by atoms with Gasteiger partial charge in [-0.15, -0.1) is 0 Å². The highest BCUT2D eigenvalue weighted by molar-refractivity contribution is 7.92. The molecule has 2 aromatic rings. The maximum Gasteiger partial charge on any atom is 0.248 e. The molecule has 0 unspecified atom stereocenters. The minimum Gasteiger partial charge on any atom is -0.489 e. The fourth-order valence-corrected chi connectivity index (χ4v) is 3.89. The first-order valence-corrected chi connectivity index (χ1v) is 10.4. The van der Waals surface area contributed by atoms with Crippen molar-refractivity contribution in [2.45, 2.75) is 19.4 Å². The second-order valence-corrected chi connectivity index (χ2v) is 7.79. The standard InChI is InChI=1S/C20H24N2O4S/c1-4-14-26-18-13-9-10-16(15-18)21-20(23)19(5-2)22(27(3,24)25)17-11-7-6-8-12-17/h4,6-13,15,19H,1,5,14H2,2-3H3,(H,21,23)/t19-/m0/s1. The zero-order chi connectivity index (χ0) is 19.9. The normalized spacial score (nSPS) is 12.1. The van der Waals surface area contributed by atoms with E-state index in [1.165, 1.54) is 0 Å². The molecule has 0 aliphatic carbocycles. The Bertz CT molecular complexity index is 882. The number of para-hydroxylation sites is 1. The van der Waals surface area contributed by atoms with Crippen molar-refractivity contribution >= 4 is 27.3 Å². The Labute approximate surface area is 160 Å². The number of hydrogen-bond donors (Lipinski definition) is 1. The SMILES string of the molecule is C=CCOc1cccc(NC(=O)[C@H](CC)N(c2ccccc2)S(C)(=O)=O)c1. The first kappa shape index (κ1) is 20.5. The minimum absolute atomic E-state index is 0.320. The van der Waals surface area contributed by atoms with Crippen molar-refractivity contribution in [1.82, 2.24) is 0 Å². The average molecular weight is 388 g/mol. The first-order chi connectivity index (χ1) is 12.9. The lowest BCUT2D eigenvalue weighted by Gasteiger charge is -2.30. The van der Waals surface area contributed by atoms with Crippen molar-refractivity contribution in [3.8, 4) is 5.75 Å². The van der Waals surface area contributed by atoms with Crippen molar-refractivity contribution in [2.24, 2.45) is 0 Å². The summed E-state index contributed by atoms with van der Waals surface area (Å²) in [4.78, 5) is 12.9. The first-order valence-electron chi connectivity index (χ1n) is 8.56. The van der Waals surface area contributed by atoms with Crippen LogP contribution in [0.1, 0.15) is 13.3 Å². The fraction of sp³-hybridized carbons (Fsp3) is 0.250. The van der Waals surface area contributed by atoms with Crippen LogP contribution in [0.4, 0.5) is 11.4 Å². The molecule has 0 bridgehead atoms. The highest BCUT2D eigenvalue weighted by atomic mass is 32.2. The Morgan fingerprint density at radius 3 is 2.52 bits per heavy atom. The van der Waals surface area contributed by atoms with Crippen LogP contribution in [0.2, 0.25) is 0 Å². The number of carbonyl (C=O) groups is 1. The molecule has 0 saturated heterocycles. The van der Waals surface area contributed by atoms with E-state index in [-0.39, 0.29) is 0 Å². The molecule has 7 heteroatoms. The van der Waals surface area contributed by atoms with Gasteiger partial charge in [-0.1, -0.05) is 43.8 Å². The van der Waals surface area contributed by atoms with E-state index >= 15 is 0 Å². The van der Waals surface area contributed by atoms with Crippen LogP contribution >= 0.6 is 0 Å². The molecule has 0 radical (unpaired) electrons.